The zero-order valence-corrected chi connectivity index (χ0v) is 12.5. The minimum Gasteiger partial charge on any atom is -0.478 e. The Hall–Kier alpha value is -1.40. The maximum Gasteiger partial charge on any atom is 0.335 e. The van der Waals surface area contributed by atoms with E-state index in [1.807, 2.05) is 6.07 Å². The molecule has 1 fully saturated rings. The Bertz CT molecular complexity index is 507. The van der Waals surface area contributed by atoms with Crippen molar-refractivity contribution in [1.29, 1.82) is 0 Å². The van der Waals surface area contributed by atoms with Gasteiger partial charge < -0.3 is 15.7 Å². The maximum absolute atomic E-state index is 11.6. The number of aromatic carboxylic acids is 1. The Balaban J connectivity index is 2.20. The molecule has 1 heterocycles. The number of carboxylic acid groups (broad SMARTS) is 1. The topological polar surface area (TPSA) is 78.4 Å². The highest BCUT2D eigenvalue weighted by atomic mass is 79.9. The number of carbonyl (C=O) groups is 2. The van der Waals surface area contributed by atoms with Gasteiger partial charge in [-0.1, -0.05) is 28.1 Å². The molecule has 108 valence electrons. The molecule has 1 aliphatic rings. The average Bonchev–Trinajstić information content (AvgIpc) is 2.47. The van der Waals surface area contributed by atoms with Crippen molar-refractivity contribution in [3.63, 3.8) is 0 Å². The van der Waals surface area contributed by atoms with Crippen LogP contribution in [0.3, 0.4) is 0 Å². The third-order valence-electron chi connectivity index (χ3n) is 3.51. The highest BCUT2D eigenvalue weighted by Crippen LogP contribution is 2.26. The van der Waals surface area contributed by atoms with Gasteiger partial charge in [-0.2, -0.15) is 0 Å². The van der Waals surface area contributed by atoms with E-state index in [0.29, 0.717) is 6.54 Å². The van der Waals surface area contributed by atoms with Gasteiger partial charge in [0.15, 0.2) is 0 Å². The third kappa shape index (κ3) is 3.58. The Labute approximate surface area is 125 Å². The SMILES string of the molecule is O=C(CBr)NC1CNCCC1c1cccc(C(=O)O)c1. The largest absolute Gasteiger partial charge is 0.478 e. The van der Waals surface area contributed by atoms with Crippen LogP contribution in [0, 0.1) is 0 Å². The number of hydrogen-bond acceptors (Lipinski definition) is 3. The Morgan fingerprint density at radius 2 is 2.25 bits per heavy atom. The third-order valence-corrected chi connectivity index (χ3v) is 4.02. The predicted octanol–water partition coefficient (Wildman–Crippen LogP) is 1.34. The van der Waals surface area contributed by atoms with E-state index >= 15 is 0 Å². The van der Waals surface area contributed by atoms with Crippen molar-refractivity contribution in [2.45, 2.75) is 18.4 Å². The standard InChI is InChI=1S/C14H17BrN2O3/c15-7-13(18)17-12-8-16-5-4-11(12)9-2-1-3-10(6-9)14(19)20/h1-3,6,11-12,16H,4-5,7-8H2,(H,17,18)(H,19,20). The lowest BCUT2D eigenvalue weighted by Gasteiger charge is -2.33. The van der Waals surface area contributed by atoms with Crippen LogP contribution in [0.1, 0.15) is 28.3 Å². The van der Waals surface area contributed by atoms with Crippen LogP contribution >= 0.6 is 15.9 Å². The zero-order chi connectivity index (χ0) is 14.5. The average molecular weight is 341 g/mol. The lowest BCUT2D eigenvalue weighted by molar-refractivity contribution is -0.119. The van der Waals surface area contributed by atoms with Crippen LogP contribution in [0.2, 0.25) is 0 Å². The predicted molar refractivity (Wildman–Crippen MR) is 79.4 cm³/mol. The second-order valence-electron chi connectivity index (χ2n) is 4.84. The van der Waals surface area contributed by atoms with Crippen molar-refractivity contribution in [1.82, 2.24) is 10.6 Å². The van der Waals surface area contributed by atoms with E-state index in [2.05, 4.69) is 26.6 Å². The molecular weight excluding hydrogens is 324 g/mol. The molecule has 1 aliphatic heterocycles. The van der Waals surface area contributed by atoms with Gasteiger partial charge in [-0.15, -0.1) is 0 Å². The van der Waals surface area contributed by atoms with E-state index in [-0.39, 0.29) is 28.8 Å². The van der Waals surface area contributed by atoms with Gasteiger partial charge >= 0.3 is 5.97 Å². The second-order valence-corrected chi connectivity index (χ2v) is 5.40. The summed E-state index contributed by atoms with van der Waals surface area (Å²) in [4.78, 5) is 22.6. The summed E-state index contributed by atoms with van der Waals surface area (Å²) >= 11 is 3.14. The van der Waals surface area contributed by atoms with Gasteiger partial charge in [0.25, 0.3) is 0 Å². The van der Waals surface area contributed by atoms with Crippen LogP contribution in [0.4, 0.5) is 0 Å². The number of benzene rings is 1. The molecule has 2 atom stereocenters. The lowest BCUT2D eigenvalue weighted by Crippen LogP contribution is -2.50. The quantitative estimate of drug-likeness (QED) is 0.723. The molecule has 1 aromatic rings. The number of carboxylic acids is 1. The van der Waals surface area contributed by atoms with Crippen LogP contribution in [0.5, 0.6) is 0 Å². The van der Waals surface area contributed by atoms with Gasteiger partial charge in [-0.25, -0.2) is 4.79 Å². The molecule has 1 amide bonds. The molecular formula is C14H17BrN2O3. The molecule has 0 aromatic heterocycles. The van der Waals surface area contributed by atoms with Crippen molar-refractivity contribution in [3.05, 3.63) is 35.4 Å². The smallest absolute Gasteiger partial charge is 0.335 e. The summed E-state index contributed by atoms with van der Waals surface area (Å²) in [6.45, 7) is 1.56. The number of hydrogen-bond donors (Lipinski definition) is 3. The number of piperidine rings is 1. The van der Waals surface area contributed by atoms with Gasteiger partial charge in [0.05, 0.1) is 10.9 Å². The molecule has 1 aromatic carbocycles. The Morgan fingerprint density at radius 3 is 2.95 bits per heavy atom. The summed E-state index contributed by atoms with van der Waals surface area (Å²) in [7, 11) is 0. The van der Waals surface area contributed by atoms with E-state index in [1.54, 1.807) is 18.2 Å². The number of alkyl halides is 1. The molecule has 2 unspecified atom stereocenters. The maximum atomic E-state index is 11.6. The monoisotopic (exact) mass is 340 g/mol. The first-order chi connectivity index (χ1) is 9.61. The Morgan fingerprint density at radius 1 is 1.45 bits per heavy atom. The number of amides is 1. The summed E-state index contributed by atoms with van der Waals surface area (Å²) < 4.78 is 0. The number of nitrogens with one attached hydrogen (secondary N) is 2. The summed E-state index contributed by atoms with van der Waals surface area (Å²) in [5.74, 6) is -0.849. The molecule has 6 heteroatoms. The van der Waals surface area contributed by atoms with Crippen molar-refractivity contribution in [3.8, 4) is 0 Å². The fraction of sp³-hybridized carbons (Fsp3) is 0.429. The molecule has 2 rings (SSSR count). The van der Waals surface area contributed by atoms with E-state index in [9.17, 15) is 9.59 Å². The molecule has 0 radical (unpaired) electrons. The normalized spacial score (nSPS) is 22.2. The number of halogens is 1. The highest BCUT2D eigenvalue weighted by molar-refractivity contribution is 9.09. The van der Waals surface area contributed by atoms with Gasteiger partial charge in [-0.05, 0) is 30.7 Å². The fourth-order valence-corrected chi connectivity index (χ4v) is 2.72. The van der Waals surface area contributed by atoms with Crippen molar-refractivity contribution in [2.75, 3.05) is 18.4 Å². The molecule has 5 nitrogen and oxygen atoms in total. The van der Waals surface area contributed by atoms with Crippen LogP contribution in [-0.4, -0.2) is 41.4 Å². The molecule has 3 N–H and O–H groups in total. The highest BCUT2D eigenvalue weighted by Gasteiger charge is 2.27. The van der Waals surface area contributed by atoms with Gasteiger partial charge in [-0.3, -0.25) is 4.79 Å². The van der Waals surface area contributed by atoms with E-state index in [1.165, 1.54) is 0 Å². The molecule has 0 saturated carbocycles. The minimum absolute atomic E-state index is 0.0159. The summed E-state index contributed by atoms with van der Waals surface area (Å²) in [5.41, 5.74) is 1.25. The molecule has 0 aliphatic carbocycles. The summed E-state index contributed by atoms with van der Waals surface area (Å²) in [6, 6.07) is 6.95. The minimum atomic E-state index is -0.929. The van der Waals surface area contributed by atoms with Crippen LogP contribution < -0.4 is 10.6 Å². The van der Waals surface area contributed by atoms with E-state index in [0.717, 1.165) is 18.5 Å². The van der Waals surface area contributed by atoms with Crippen molar-refractivity contribution in [2.24, 2.45) is 0 Å². The van der Waals surface area contributed by atoms with Crippen molar-refractivity contribution >= 4 is 27.8 Å². The van der Waals surface area contributed by atoms with Gasteiger partial charge in [0.2, 0.25) is 5.91 Å². The molecule has 20 heavy (non-hydrogen) atoms. The summed E-state index contributed by atoms with van der Waals surface area (Å²) in [5, 5.41) is 15.6. The number of carbonyl (C=O) groups excluding carboxylic acids is 1. The first-order valence-corrected chi connectivity index (χ1v) is 7.63. The zero-order valence-electron chi connectivity index (χ0n) is 10.9. The number of rotatable bonds is 4. The fourth-order valence-electron chi connectivity index (χ4n) is 2.56. The van der Waals surface area contributed by atoms with Gasteiger partial charge in [0, 0.05) is 18.5 Å². The second kappa shape index (κ2) is 6.85. The lowest BCUT2D eigenvalue weighted by atomic mass is 9.85. The molecule has 0 spiro atoms. The first-order valence-electron chi connectivity index (χ1n) is 6.51. The van der Waals surface area contributed by atoms with Crippen LogP contribution in [0.25, 0.3) is 0 Å². The van der Waals surface area contributed by atoms with E-state index in [4.69, 9.17) is 5.11 Å². The van der Waals surface area contributed by atoms with Crippen molar-refractivity contribution < 1.29 is 14.7 Å². The Kier molecular flexibility index (Phi) is 5.14. The molecule has 0 bridgehead atoms. The van der Waals surface area contributed by atoms with Gasteiger partial charge in [0.1, 0.15) is 0 Å². The summed E-state index contributed by atoms with van der Waals surface area (Å²) in [6.07, 6.45) is 0.871. The van der Waals surface area contributed by atoms with E-state index < -0.39 is 5.97 Å². The first kappa shape index (κ1) is 15.0. The van der Waals surface area contributed by atoms with Crippen LogP contribution in [-0.2, 0) is 4.79 Å². The molecule has 1 saturated heterocycles. The van der Waals surface area contributed by atoms with Crippen LogP contribution in [0.15, 0.2) is 24.3 Å².